The zero-order chi connectivity index (χ0) is 13.4. The highest BCUT2D eigenvalue weighted by molar-refractivity contribution is 5.50. The van der Waals surface area contributed by atoms with Gasteiger partial charge in [-0.15, -0.1) is 0 Å². The minimum atomic E-state index is 0.679. The van der Waals surface area contributed by atoms with E-state index in [-0.39, 0.29) is 0 Å². The first-order valence-electron chi connectivity index (χ1n) is 6.15. The average Bonchev–Trinajstić information content (AvgIpc) is 2.37. The predicted octanol–water partition coefficient (Wildman–Crippen LogP) is 1.46. The zero-order valence-corrected chi connectivity index (χ0v) is 11.5. The first-order valence-corrected chi connectivity index (χ1v) is 6.15. The molecule has 0 unspecified atom stereocenters. The molecule has 18 heavy (non-hydrogen) atoms. The Labute approximate surface area is 109 Å². The van der Waals surface area contributed by atoms with Crippen LogP contribution in [0.5, 0.6) is 0 Å². The van der Waals surface area contributed by atoms with Crippen molar-refractivity contribution in [3.05, 3.63) is 17.8 Å². The summed E-state index contributed by atoms with van der Waals surface area (Å²) in [6.07, 6.45) is 0.964. The van der Waals surface area contributed by atoms with Gasteiger partial charge in [-0.2, -0.15) is 0 Å². The molecule has 0 amide bonds. The first-order chi connectivity index (χ1) is 8.69. The zero-order valence-electron chi connectivity index (χ0n) is 11.5. The molecule has 0 saturated heterocycles. The molecule has 1 heterocycles. The summed E-state index contributed by atoms with van der Waals surface area (Å²) in [5.41, 5.74) is 7.37. The normalized spacial score (nSPS) is 10.6. The molecule has 0 atom stereocenters. The number of ether oxygens (including phenoxy) is 2. The Morgan fingerprint density at radius 2 is 1.89 bits per heavy atom. The summed E-state index contributed by atoms with van der Waals surface area (Å²) in [5, 5.41) is 0. The van der Waals surface area contributed by atoms with Crippen molar-refractivity contribution in [1.29, 1.82) is 0 Å². The van der Waals surface area contributed by atoms with Crippen molar-refractivity contribution in [2.75, 3.05) is 51.2 Å². The molecular formula is C13H23N3O2. The van der Waals surface area contributed by atoms with E-state index in [2.05, 4.69) is 9.88 Å². The number of methoxy groups -OCH3 is 2. The molecule has 1 aromatic heterocycles. The Hall–Kier alpha value is -1.33. The smallest absolute Gasteiger partial charge is 0.129 e. The number of aromatic nitrogens is 1. The fraction of sp³-hybridized carbons (Fsp3) is 0.615. The SMILES string of the molecule is COCCCN(CCOC)c1ccc(N)c(C)n1. The first kappa shape index (κ1) is 14.7. The molecule has 0 aliphatic rings. The van der Waals surface area contributed by atoms with Gasteiger partial charge in [-0.1, -0.05) is 0 Å². The number of rotatable bonds is 8. The minimum Gasteiger partial charge on any atom is -0.397 e. The van der Waals surface area contributed by atoms with Crippen LogP contribution in [-0.4, -0.2) is 45.5 Å². The summed E-state index contributed by atoms with van der Waals surface area (Å²) in [4.78, 5) is 6.70. The molecule has 0 aliphatic heterocycles. The third-order valence-electron chi connectivity index (χ3n) is 2.78. The maximum atomic E-state index is 5.78. The largest absolute Gasteiger partial charge is 0.397 e. The van der Waals surface area contributed by atoms with E-state index in [1.807, 2.05) is 19.1 Å². The highest BCUT2D eigenvalue weighted by Crippen LogP contribution is 2.16. The van der Waals surface area contributed by atoms with E-state index in [1.165, 1.54) is 0 Å². The molecule has 0 bridgehead atoms. The van der Waals surface area contributed by atoms with E-state index >= 15 is 0 Å². The van der Waals surface area contributed by atoms with Crippen molar-refractivity contribution in [2.45, 2.75) is 13.3 Å². The van der Waals surface area contributed by atoms with E-state index in [0.29, 0.717) is 6.61 Å². The fourth-order valence-corrected chi connectivity index (χ4v) is 1.68. The molecule has 0 radical (unpaired) electrons. The molecule has 1 rings (SSSR count). The standard InChI is InChI=1S/C13H23N3O2/c1-11-12(14)5-6-13(15-11)16(8-10-18-3)7-4-9-17-2/h5-6H,4,7-10,14H2,1-3H3. The lowest BCUT2D eigenvalue weighted by Crippen LogP contribution is -2.30. The van der Waals surface area contributed by atoms with Crippen LogP contribution in [0.2, 0.25) is 0 Å². The molecule has 5 heteroatoms. The van der Waals surface area contributed by atoms with Crippen LogP contribution in [0.3, 0.4) is 0 Å². The third kappa shape index (κ3) is 4.50. The van der Waals surface area contributed by atoms with E-state index in [9.17, 15) is 0 Å². The van der Waals surface area contributed by atoms with Crippen LogP contribution in [0, 0.1) is 6.92 Å². The maximum absolute atomic E-state index is 5.78. The van der Waals surface area contributed by atoms with Gasteiger partial charge in [0.25, 0.3) is 0 Å². The van der Waals surface area contributed by atoms with Gasteiger partial charge in [0.05, 0.1) is 18.0 Å². The lowest BCUT2D eigenvalue weighted by atomic mass is 10.3. The molecule has 0 aromatic carbocycles. The molecule has 0 saturated carbocycles. The Bertz CT molecular complexity index is 358. The number of anilines is 2. The number of pyridine rings is 1. The van der Waals surface area contributed by atoms with Gasteiger partial charge in [-0.3, -0.25) is 0 Å². The van der Waals surface area contributed by atoms with Gasteiger partial charge in [0.15, 0.2) is 0 Å². The van der Waals surface area contributed by atoms with Gasteiger partial charge in [0.1, 0.15) is 5.82 Å². The lowest BCUT2D eigenvalue weighted by molar-refractivity contribution is 0.191. The van der Waals surface area contributed by atoms with Gasteiger partial charge >= 0.3 is 0 Å². The van der Waals surface area contributed by atoms with E-state index in [1.54, 1.807) is 14.2 Å². The summed E-state index contributed by atoms with van der Waals surface area (Å²) >= 11 is 0. The Morgan fingerprint density at radius 1 is 1.17 bits per heavy atom. The highest BCUT2D eigenvalue weighted by Gasteiger charge is 2.08. The number of nitrogen functional groups attached to an aromatic ring is 1. The van der Waals surface area contributed by atoms with Crippen LogP contribution < -0.4 is 10.6 Å². The average molecular weight is 253 g/mol. The predicted molar refractivity (Wildman–Crippen MR) is 74.0 cm³/mol. The summed E-state index contributed by atoms with van der Waals surface area (Å²) in [5.74, 6) is 0.940. The van der Waals surface area contributed by atoms with Crippen LogP contribution in [-0.2, 0) is 9.47 Å². The van der Waals surface area contributed by atoms with Crippen molar-refractivity contribution in [1.82, 2.24) is 4.98 Å². The lowest BCUT2D eigenvalue weighted by Gasteiger charge is -2.23. The number of hydrogen-bond acceptors (Lipinski definition) is 5. The van der Waals surface area contributed by atoms with Crippen LogP contribution >= 0.6 is 0 Å². The van der Waals surface area contributed by atoms with Crippen LogP contribution in [0.25, 0.3) is 0 Å². The minimum absolute atomic E-state index is 0.679. The Balaban J connectivity index is 2.70. The molecule has 0 spiro atoms. The van der Waals surface area contributed by atoms with Crippen molar-refractivity contribution in [2.24, 2.45) is 0 Å². The Kier molecular flexibility index (Phi) is 6.46. The molecule has 102 valence electrons. The van der Waals surface area contributed by atoms with Crippen molar-refractivity contribution < 1.29 is 9.47 Å². The van der Waals surface area contributed by atoms with E-state index in [0.717, 1.165) is 43.3 Å². The molecule has 5 nitrogen and oxygen atoms in total. The van der Waals surface area contributed by atoms with Gasteiger partial charge < -0.3 is 20.1 Å². The number of aryl methyl sites for hydroxylation is 1. The van der Waals surface area contributed by atoms with Crippen LogP contribution in [0.1, 0.15) is 12.1 Å². The molecule has 0 fully saturated rings. The quantitative estimate of drug-likeness (QED) is 0.711. The van der Waals surface area contributed by atoms with Crippen molar-refractivity contribution in [3.63, 3.8) is 0 Å². The van der Waals surface area contributed by atoms with Gasteiger partial charge in [-0.25, -0.2) is 4.98 Å². The monoisotopic (exact) mass is 253 g/mol. The summed E-state index contributed by atoms with van der Waals surface area (Å²) in [6, 6.07) is 3.85. The number of nitrogens with two attached hydrogens (primary N) is 1. The second kappa shape index (κ2) is 7.89. The van der Waals surface area contributed by atoms with Gasteiger partial charge in [0, 0.05) is 33.9 Å². The maximum Gasteiger partial charge on any atom is 0.129 e. The molecular weight excluding hydrogens is 230 g/mol. The summed E-state index contributed by atoms with van der Waals surface area (Å²) < 4.78 is 10.2. The number of nitrogens with zero attached hydrogens (tertiary/aromatic N) is 2. The third-order valence-corrected chi connectivity index (χ3v) is 2.78. The van der Waals surface area contributed by atoms with E-state index in [4.69, 9.17) is 15.2 Å². The summed E-state index contributed by atoms with van der Waals surface area (Å²) in [6.45, 7) is 5.06. The highest BCUT2D eigenvalue weighted by atomic mass is 16.5. The second-order valence-electron chi connectivity index (χ2n) is 4.17. The van der Waals surface area contributed by atoms with Crippen LogP contribution in [0.15, 0.2) is 12.1 Å². The molecule has 2 N–H and O–H groups in total. The summed E-state index contributed by atoms with van der Waals surface area (Å²) in [7, 11) is 3.42. The second-order valence-corrected chi connectivity index (χ2v) is 4.17. The van der Waals surface area contributed by atoms with Crippen molar-refractivity contribution >= 4 is 11.5 Å². The fourth-order valence-electron chi connectivity index (χ4n) is 1.68. The molecule has 0 aliphatic carbocycles. The van der Waals surface area contributed by atoms with Crippen molar-refractivity contribution in [3.8, 4) is 0 Å². The van der Waals surface area contributed by atoms with E-state index < -0.39 is 0 Å². The van der Waals surface area contributed by atoms with Gasteiger partial charge in [-0.05, 0) is 25.5 Å². The Morgan fingerprint density at radius 3 is 2.50 bits per heavy atom. The topological polar surface area (TPSA) is 60.6 Å². The molecule has 1 aromatic rings. The van der Waals surface area contributed by atoms with Crippen LogP contribution in [0.4, 0.5) is 11.5 Å². The van der Waals surface area contributed by atoms with Gasteiger partial charge in [0.2, 0.25) is 0 Å². The number of hydrogen-bond donors (Lipinski definition) is 1.